The van der Waals surface area contributed by atoms with Crippen molar-refractivity contribution in [1.29, 1.82) is 0 Å². The molecule has 0 N–H and O–H groups in total. The van der Waals surface area contributed by atoms with Crippen molar-refractivity contribution in [3.05, 3.63) is 77.9 Å². The van der Waals surface area contributed by atoms with Crippen LogP contribution in [0.1, 0.15) is 11.1 Å². The highest BCUT2D eigenvalue weighted by atomic mass is 32.2. The number of benzene rings is 3. The predicted molar refractivity (Wildman–Crippen MR) is 101 cm³/mol. The molecular formula is C21H19NS. The van der Waals surface area contributed by atoms with E-state index in [1.807, 2.05) is 11.8 Å². The third kappa shape index (κ3) is 2.64. The first-order valence-electron chi connectivity index (χ1n) is 7.88. The van der Waals surface area contributed by atoms with Crippen molar-refractivity contribution in [2.24, 2.45) is 7.05 Å². The zero-order chi connectivity index (χ0) is 15.8. The molecule has 1 aromatic heterocycles. The van der Waals surface area contributed by atoms with Gasteiger partial charge in [-0.1, -0.05) is 36.4 Å². The van der Waals surface area contributed by atoms with E-state index in [0.29, 0.717) is 0 Å². The standard InChI is InChI=1S/C21H19NS/c1-15-8-10-18-19-13-16(14-23-17-6-4-3-5-7-17)9-11-20(19)22(2)21(18)12-15/h3-13H,14H2,1-2H3. The average Bonchev–Trinajstić information content (AvgIpc) is 2.86. The molecule has 1 heterocycles. The van der Waals surface area contributed by atoms with Crippen molar-refractivity contribution in [3.8, 4) is 0 Å². The summed E-state index contributed by atoms with van der Waals surface area (Å²) >= 11 is 1.89. The summed E-state index contributed by atoms with van der Waals surface area (Å²) in [7, 11) is 2.16. The number of thioether (sulfide) groups is 1. The highest BCUT2D eigenvalue weighted by molar-refractivity contribution is 7.98. The Bertz CT molecular complexity index is 983. The molecule has 0 atom stereocenters. The van der Waals surface area contributed by atoms with Crippen LogP contribution in [-0.2, 0) is 12.8 Å². The van der Waals surface area contributed by atoms with Crippen LogP contribution in [0, 0.1) is 6.92 Å². The fourth-order valence-electron chi connectivity index (χ4n) is 3.14. The highest BCUT2D eigenvalue weighted by Gasteiger charge is 2.09. The molecule has 114 valence electrons. The van der Waals surface area contributed by atoms with Gasteiger partial charge in [0.1, 0.15) is 0 Å². The van der Waals surface area contributed by atoms with E-state index >= 15 is 0 Å². The summed E-state index contributed by atoms with van der Waals surface area (Å²) in [5.74, 6) is 1.00. The zero-order valence-electron chi connectivity index (χ0n) is 13.4. The fourth-order valence-corrected chi connectivity index (χ4v) is 4.00. The molecule has 0 aliphatic carbocycles. The quantitative estimate of drug-likeness (QED) is 0.424. The minimum absolute atomic E-state index is 1.00. The Kier molecular flexibility index (Phi) is 3.62. The first kappa shape index (κ1) is 14.4. The van der Waals surface area contributed by atoms with Crippen LogP contribution in [0.3, 0.4) is 0 Å². The number of aryl methyl sites for hydroxylation is 2. The van der Waals surface area contributed by atoms with Crippen LogP contribution in [0.4, 0.5) is 0 Å². The average molecular weight is 317 g/mol. The van der Waals surface area contributed by atoms with Gasteiger partial charge in [0.15, 0.2) is 0 Å². The second kappa shape index (κ2) is 5.78. The molecule has 0 aliphatic rings. The summed E-state index contributed by atoms with van der Waals surface area (Å²) in [5, 5.41) is 2.70. The molecule has 0 bridgehead atoms. The Morgan fingerprint density at radius 1 is 0.826 bits per heavy atom. The summed E-state index contributed by atoms with van der Waals surface area (Å²) in [6.07, 6.45) is 0. The van der Waals surface area contributed by atoms with Crippen LogP contribution in [-0.4, -0.2) is 4.57 Å². The second-order valence-electron chi connectivity index (χ2n) is 6.03. The van der Waals surface area contributed by atoms with Gasteiger partial charge >= 0.3 is 0 Å². The third-order valence-corrected chi connectivity index (χ3v) is 5.46. The lowest BCUT2D eigenvalue weighted by atomic mass is 10.1. The second-order valence-corrected chi connectivity index (χ2v) is 7.08. The van der Waals surface area contributed by atoms with E-state index in [2.05, 4.69) is 85.3 Å². The van der Waals surface area contributed by atoms with Crippen LogP contribution in [0.15, 0.2) is 71.6 Å². The maximum atomic E-state index is 2.35. The Morgan fingerprint density at radius 3 is 2.48 bits per heavy atom. The van der Waals surface area contributed by atoms with Crippen molar-refractivity contribution in [2.75, 3.05) is 0 Å². The molecule has 1 nitrogen and oxygen atoms in total. The summed E-state index contributed by atoms with van der Waals surface area (Å²) < 4.78 is 2.30. The van der Waals surface area contributed by atoms with Crippen LogP contribution >= 0.6 is 11.8 Å². The largest absolute Gasteiger partial charge is 0.344 e. The Morgan fingerprint density at radius 2 is 1.65 bits per heavy atom. The topological polar surface area (TPSA) is 4.93 Å². The van der Waals surface area contributed by atoms with Gasteiger partial charge < -0.3 is 4.57 Å². The van der Waals surface area contributed by atoms with Gasteiger partial charge in [0.05, 0.1) is 0 Å². The van der Waals surface area contributed by atoms with E-state index in [-0.39, 0.29) is 0 Å². The smallest absolute Gasteiger partial charge is 0.0491 e. The molecule has 0 aliphatic heterocycles. The zero-order valence-corrected chi connectivity index (χ0v) is 14.2. The highest BCUT2D eigenvalue weighted by Crippen LogP contribution is 2.31. The molecule has 0 fully saturated rings. The summed E-state index contributed by atoms with van der Waals surface area (Å²) in [5.41, 5.74) is 5.30. The minimum atomic E-state index is 1.00. The van der Waals surface area contributed by atoms with Gasteiger partial charge in [0.25, 0.3) is 0 Å². The number of hydrogen-bond acceptors (Lipinski definition) is 1. The van der Waals surface area contributed by atoms with Gasteiger partial charge in [-0.3, -0.25) is 0 Å². The monoisotopic (exact) mass is 317 g/mol. The molecule has 3 aromatic carbocycles. The van der Waals surface area contributed by atoms with E-state index in [9.17, 15) is 0 Å². The normalized spacial score (nSPS) is 11.4. The summed E-state index contributed by atoms with van der Waals surface area (Å²) in [6.45, 7) is 2.15. The Hall–Kier alpha value is -2.19. The fraction of sp³-hybridized carbons (Fsp3) is 0.143. The van der Waals surface area contributed by atoms with Gasteiger partial charge in [-0.15, -0.1) is 11.8 Å². The minimum Gasteiger partial charge on any atom is -0.344 e. The molecule has 0 amide bonds. The van der Waals surface area contributed by atoms with Crippen LogP contribution in [0.5, 0.6) is 0 Å². The van der Waals surface area contributed by atoms with Gasteiger partial charge in [-0.25, -0.2) is 0 Å². The van der Waals surface area contributed by atoms with E-state index in [1.54, 1.807) is 0 Å². The van der Waals surface area contributed by atoms with Crippen molar-refractivity contribution in [1.82, 2.24) is 4.57 Å². The molecule has 0 spiro atoms. The Balaban J connectivity index is 1.74. The Labute approximate surface area is 140 Å². The molecule has 0 saturated heterocycles. The van der Waals surface area contributed by atoms with Crippen molar-refractivity contribution >= 4 is 33.6 Å². The molecule has 2 heteroatoms. The molecule has 4 rings (SSSR count). The van der Waals surface area contributed by atoms with Crippen molar-refractivity contribution in [3.63, 3.8) is 0 Å². The van der Waals surface area contributed by atoms with Crippen molar-refractivity contribution in [2.45, 2.75) is 17.6 Å². The van der Waals surface area contributed by atoms with Crippen LogP contribution in [0.2, 0.25) is 0 Å². The van der Waals surface area contributed by atoms with E-state index in [0.717, 1.165) is 5.75 Å². The van der Waals surface area contributed by atoms with Gasteiger partial charge in [0.2, 0.25) is 0 Å². The van der Waals surface area contributed by atoms with E-state index in [4.69, 9.17) is 0 Å². The van der Waals surface area contributed by atoms with Gasteiger partial charge in [-0.2, -0.15) is 0 Å². The number of hydrogen-bond donors (Lipinski definition) is 0. The molecule has 4 aromatic rings. The van der Waals surface area contributed by atoms with Gasteiger partial charge in [-0.05, 0) is 48.4 Å². The molecule has 0 radical (unpaired) electrons. The number of aromatic nitrogens is 1. The van der Waals surface area contributed by atoms with Crippen molar-refractivity contribution < 1.29 is 0 Å². The van der Waals surface area contributed by atoms with E-state index < -0.39 is 0 Å². The lowest BCUT2D eigenvalue weighted by molar-refractivity contribution is 1.01. The van der Waals surface area contributed by atoms with Gasteiger partial charge in [0, 0.05) is 39.5 Å². The predicted octanol–water partition coefficient (Wildman–Crippen LogP) is 5.93. The van der Waals surface area contributed by atoms with Crippen LogP contribution < -0.4 is 0 Å². The lowest BCUT2D eigenvalue weighted by Crippen LogP contribution is -1.87. The molecule has 0 saturated carbocycles. The maximum absolute atomic E-state index is 2.35. The lowest BCUT2D eigenvalue weighted by Gasteiger charge is -2.03. The molecule has 23 heavy (non-hydrogen) atoms. The van der Waals surface area contributed by atoms with E-state index in [1.165, 1.54) is 37.8 Å². The SMILES string of the molecule is Cc1ccc2c3cc(CSc4ccccc4)ccc3n(C)c2c1. The summed E-state index contributed by atoms with van der Waals surface area (Å²) in [6, 6.07) is 24.2. The number of fused-ring (bicyclic) bond motifs is 3. The molecule has 0 unspecified atom stereocenters. The maximum Gasteiger partial charge on any atom is 0.0491 e. The molecular weight excluding hydrogens is 298 g/mol. The number of nitrogens with zero attached hydrogens (tertiary/aromatic N) is 1. The summed E-state index contributed by atoms with van der Waals surface area (Å²) in [4.78, 5) is 1.32. The third-order valence-electron chi connectivity index (χ3n) is 4.38. The van der Waals surface area contributed by atoms with Crippen LogP contribution in [0.25, 0.3) is 21.8 Å². The first-order valence-corrected chi connectivity index (χ1v) is 8.86. The number of rotatable bonds is 3. The first-order chi connectivity index (χ1) is 11.2.